The van der Waals surface area contributed by atoms with Gasteiger partial charge in [0.25, 0.3) is 11.6 Å². The Morgan fingerprint density at radius 1 is 1.31 bits per heavy atom. The van der Waals surface area contributed by atoms with E-state index in [1.807, 2.05) is 24.3 Å². The van der Waals surface area contributed by atoms with Gasteiger partial charge < -0.3 is 15.0 Å². The number of thioether (sulfide) groups is 1. The molecule has 8 nitrogen and oxygen atoms in total. The number of amides is 1. The molecule has 0 bridgehead atoms. The van der Waals surface area contributed by atoms with Crippen LogP contribution in [0.4, 0.5) is 17.1 Å². The maximum absolute atomic E-state index is 12.8. The molecule has 1 amide bonds. The Kier molecular flexibility index (Phi) is 6.38. The Hall–Kier alpha value is -3.07. The summed E-state index contributed by atoms with van der Waals surface area (Å²) in [6.45, 7) is 2.20. The van der Waals surface area contributed by atoms with Crippen LogP contribution in [0.1, 0.15) is 23.7 Å². The molecule has 1 aliphatic rings. The normalized spacial score (nSPS) is 15.8. The van der Waals surface area contributed by atoms with Gasteiger partial charge in [-0.3, -0.25) is 14.9 Å². The highest BCUT2D eigenvalue weighted by molar-refractivity contribution is 8.00. The minimum atomic E-state index is -0.782. The molecule has 0 aliphatic carbocycles. The molecule has 152 valence electrons. The van der Waals surface area contributed by atoms with E-state index in [2.05, 4.69) is 12.2 Å². The maximum atomic E-state index is 12.8. The first-order chi connectivity index (χ1) is 13.9. The standard InChI is InChI=1S/C20H21N3O5S/c1-13-9-10-22(16-5-3-4-6-18(16)29-13)19(24)12-28-20(25)14-7-8-15(21-2)17(11-14)23(26)27/h3-8,11,13,21H,9-10,12H2,1-2H3/t13-/m0/s1. The molecule has 3 rings (SSSR count). The number of benzene rings is 2. The number of fused-ring (bicyclic) bond motifs is 1. The molecule has 0 fully saturated rings. The lowest BCUT2D eigenvalue weighted by Gasteiger charge is -2.22. The van der Waals surface area contributed by atoms with Crippen molar-refractivity contribution in [1.29, 1.82) is 0 Å². The van der Waals surface area contributed by atoms with Gasteiger partial charge in [0.2, 0.25) is 0 Å². The van der Waals surface area contributed by atoms with Crippen LogP contribution in [0.5, 0.6) is 0 Å². The Labute approximate surface area is 172 Å². The zero-order valence-electron chi connectivity index (χ0n) is 16.1. The number of carbonyl (C=O) groups excluding carboxylic acids is 2. The summed E-state index contributed by atoms with van der Waals surface area (Å²) in [5.74, 6) is -1.11. The monoisotopic (exact) mass is 415 g/mol. The van der Waals surface area contributed by atoms with Gasteiger partial charge in [-0.1, -0.05) is 19.1 Å². The van der Waals surface area contributed by atoms with Gasteiger partial charge in [-0.15, -0.1) is 11.8 Å². The van der Waals surface area contributed by atoms with E-state index in [-0.39, 0.29) is 22.8 Å². The van der Waals surface area contributed by atoms with Crippen molar-refractivity contribution < 1.29 is 19.2 Å². The Balaban J connectivity index is 1.72. The van der Waals surface area contributed by atoms with E-state index < -0.39 is 17.5 Å². The highest BCUT2D eigenvalue weighted by atomic mass is 32.2. The minimum Gasteiger partial charge on any atom is -0.452 e. The van der Waals surface area contributed by atoms with Gasteiger partial charge in [0.05, 0.1) is 16.2 Å². The lowest BCUT2D eigenvalue weighted by Crippen LogP contribution is -2.35. The summed E-state index contributed by atoms with van der Waals surface area (Å²) in [6, 6.07) is 11.6. The van der Waals surface area contributed by atoms with Crippen LogP contribution in [0.25, 0.3) is 0 Å². The summed E-state index contributed by atoms with van der Waals surface area (Å²) in [7, 11) is 1.55. The predicted molar refractivity (Wildman–Crippen MR) is 112 cm³/mol. The number of nitro groups is 1. The van der Waals surface area contributed by atoms with Crippen LogP contribution in [0.3, 0.4) is 0 Å². The fraction of sp³-hybridized carbons (Fsp3) is 0.300. The number of hydrogen-bond acceptors (Lipinski definition) is 7. The van der Waals surface area contributed by atoms with E-state index >= 15 is 0 Å². The molecule has 2 aromatic carbocycles. The van der Waals surface area contributed by atoms with Crippen LogP contribution >= 0.6 is 11.8 Å². The van der Waals surface area contributed by atoms with Crippen LogP contribution < -0.4 is 10.2 Å². The molecule has 0 unspecified atom stereocenters. The number of nitrogens with zero attached hydrogens (tertiary/aromatic N) is 2. The summed E-state index contributed by atoms with van der Waals surface area (Å²) in [5, 5.41) is 14.2. The molecule has 1 heterocycles. The van der Waals surface area contributed by atoms with Crippen molar-refractivity contribution >= 4 is 40.7 Å². The molecule has 0 saturated carbocycles. The first kappa shape index (κ1) is 20.7. The summed E-state index contributed by atoms with van der Waals surface area (Å²) in [6.07, 6.45) is 0.816. The molecule has 29 heavy (non-hydrogen) atoms. The Morgan fingerprint density at radius 3 is 2.79 bits per heavy atom. The number of anilines is 2. The van der Waals surface area contributed by atoms with E-state index in [0.717, 1.165) is 23.1 Å². The first-order valence-corrected chi connectivity index (χ1v) is 9.98. The maximum Gasteiger partial charge on any atom is 0.338 e. The van der Waals surface area contributed by atoms with Gasteiger partial charge in [0.1, 0.15) is 5.69 Å². The molecule has 9 heteroatoms. The number of rotatable bonds is 5. The average molecular weight is 415 g/mol. The van der Waals surface area contributed by atoms with Gasteiger partial charge in [-0.2, -0.15) is 0 Å². The van der Waals surface area contributed by atoms with E-state index in [0.29, 0.717) is 11.8 Å². The Bertz CT molecular complexity index is 949. The van der Waals surface area contributed by atoms with Crippen LogP contribution in [-0.2, 0) is 9.53 Å². The smallest absolute Gasteiger partial charge is 0.338 e. The predicted octanol–water partition coefficient (Wildman–Crippen LogP) is 3.71. The van der Waals surface area contributed by atoms with Gasteiger partial charge >= 0.3 is 5.97 Å². The quantitative estimate of drug-likeness (QED) is 0.451. The van der Waals surface area contributed by atoms with Crippen molar-refractivity contribution in [1.82, 2.24) is 0 Å². The SMILES string of the molecule is CNc1ccc(C(=O)OCC(=O)N2CC[C@H](C)Sc3ccccc32)cc1[N+](=O)[O-]. The van der Waals surface area contributed by atoms with Crippen molar-refractivity contribution in [3.63, 3.8) is 0 Å². The van der Waals surface area contributed by atoms with Gasteiger partial charge in [-0.05, 0) is 30.7 Å². The summed E-state index contributed by atoms with van der Waals surface area (Å²) >= 11 is 1.71. The molecule has 1 aliphatic heterocycles. The number of ether oxygens (including phenoxy) is 1. The lowest BCUT2D eigenvalue weighted by molar-refractivity contribution is -0.384. The lowest BCUT2D eigenvalue weighted by atomic mass is 10.1. The van der Waals surface area contributed by atoms with E-state index in [4.69, 9.17) is 4.74 Å². The number of nitrogens with one attached hydrogen (secondary N) is 1. The number of nitro benzene ring substituents is 1. The number of carbonyl (C=O) groups is 2. The highest BCUT2D eigenvalue weighted by Crippen LogP contribution is 2.37. The third kappa shape index (κ3) is 4.68. The second-order valence-electron chi connectivity index (χ2n) is 6.55. The molecule has 0 aromatic heterocycles. The van der Waals surface area contributed by atoms with Gasteiger partial charge in [0.15, 0.2) is 6.61 Å². The Morgan fingerprint density at radius 2 is 2.07 bits per heavy atom. The van der Waals surface area contributed by atoms with Crippen molar-refractivity contribution in [2.45, 2.75) is 23.5 Å². The van der Waals surface area contributed by atoms with E-state index in [9.17, 15) is 19.7 Å². The van der Waals surface area contributed by atoms with Crippen LogP contribution in [0, 0.1) is 10.1 Å². The summed E-state index contributed by atoms with van der Waals surface area (Å²) < 4.78 is 5.15. The zero-order chi connectivity index (χ0) is 21.0. The summed E-state index contributed by atoms with van der Waals surface area (Å²) in [4.78, 5) is 38.3. The second-order valence-corrected chi connectivity index (χ2v) is 8.03. The van der Waals surface area contributed by atoms with Crippen LogP contribution in [0.15, 0.2) is 47.4 Å². The molecule has 0 radical (unpaired) electrons. The topological polar surface area (TPSA) is 102 Å². The third-order valence-electron chi connectivity index (χ3n) is 4.57. The molecule has 0 spiro atoms. The molecule has 1 atom stereocenters. The first-order valence-electron chi connectivity index (χ1n) is 9.10. The third-order valence-corrected chi connectivity index (χ3v) is 5.81. The van der Waals surface area contributed by atoms with Gasteiger partial charge in [0, 0.05) is 29.8 Å². The molecule has 1 N–H and O–H groups in total. The fourth-order valence-corrected chi connectivity index (χ4v) is 4.17. The van der Waals surface area contributed by atoms with E-state index in [1.165, 1.54) is 12.1 Å². The largest absolute Gasteiger partial charge is 0.452 e. The van der Waals surface area contributed by atoms with Gasteiger partial charge in [-0.25, -0.2) is 4.79 Å². The molecule has 2 aromatic rings. The molecular formula is C20H21N3O5S. The van der Waals surface area contributed by atoms with Crippen molar-refractivity contribution in [2.75, 3.05) is 30.4 Å². The number of hydrogen-bond donors (Lipinski definition) is 1. The van der Waals surface area contributed by atoms with Crippen molar-refractivity contribution in [2.24, 2.45) is 0 Å². The zero-order valence-corrected chi connectivity index (χ0v) is 16.9. The van der Waals surface area contributed by atoms with E-state index in [1.54, 1.807) is 23.7 Å². The van der Waals surface area contributed by atoms with Crippen LogP contribution in [-0.4, -0.2) is 42.2 Å². The second kappa shape index (κ2) is 8.95. The van der Waals surface area contributed by atoms with Crippen LogP contribution in [0.2, 0.25) is 0 Å². The van der Waals surface area contributed by atoms with Crippen molar-refractivity contribution in [3.05, 3.63) is 58.1 Å². The molecule has 0 saturated heterocycles. The highest BCUT2D eigenvalue weighted by Gasteiger charge is 2.25. The summed E-state index contributed by atoms with van der Waals surface area (Å²) in [5.41, 5.74) is 0.872. The number of esters is 1. The fourth-order valence-electron chi connectivity index (χ4n) is 3.06. The molecular weight excluding hydrogens is 394 g/mol. The average Bonchev–Trinajstić information content (AvgIpc) is 2.89. The number of para-hydroxylation sites is 1. The van der Waals surface area contributed by atoms with Crippen molar-refractivity contribution in [3.8, 4) is 0 Å². The minimum absolute atomic E-state index is 0.0175.